The quantitative estimate of drug-likeness (QED) is 0.896. The Morgan fingerprint density at radius 2 is 2.25 bits per heavy atom. The molecule has 2 aromatic rings. The van der Waals surface area contributed by atoms with E-state index < -0.39 is 11.9 Å². The van der Waals surface area contributed by atoms with E-state index >= 15 is 0 Å². The number of amides is 2. The Labute approximate surface area is 139 Å². The molecule has 1 aromatic heterocycles. The average Bonchev–Trinajstić information content (AvgIpc) is 2.95. The van der Waals surface area contributed by atoms with Crippen LogP contribution in [0.2, 0.25) is 0 Å². The summed E-state index contributed by atoms with van der Waals surface area (Å²) in [6.07, 6.45) is 1.36. The van der Waals surface area contributed by atoms with Gasteiger partial charge in [0.25, 0.3) is 0 Å². The molecule has 2 heterocycles. The second-order valence-corrected chi connectivity index (χ2v) is 5.92. The highest BCUT2D eigenvalue weighted by Gasteiger charge is 2.31. The van der Waals surface area contributed by atoms with E-state index in [4.69, 9.17) is 0 Å². The van der Waals surface area contributed by atoms with E-state index in [2.05, 4.69) is 15.5 Å². The number of H-pyrrole nitrogens is 1. The van der Waals surface area contributed by atoms with Crippen LogP contribution in [0.5, 0.6) is 0 Å². The van der Waals surface area contributed by atoms with Crippen LogP contribution in [0.1, 0.15) is 24.2 Å². The van der Waals surface area contributed by atoms with Crippen molar-refractivity contribution in [2.45, 2.75) is 32.2 Å². The molecule has 0 saturated carbocycles. The topological polar surface area (TPSA) is 78.1 Å². The van der Waals surface area contributed by atoms with E-state index in [1.54, 1.807) is 24.3 Å². The number of nitrogens with one attached hydrogen (secondary N) is 2. The number of rotatable bonds is 4. The number of aryl methyl sites for hydroxylation is 1. The smallest absolute Gasteiger partial charge is 0.249 e. The van der Waals surface area contributed by atoms with Crippen molar-refractivity contribution in [2.24, 2.45) is 0 Å². The molecule has 3 rings (SSSR count). The lowest BCUT2D eigenvalue weighted by Gasteiger charge is -2.32. The Bertz CT molecular complexity index is 759. The van der Waals surface area contributed by atoms with Gasteiger partial charge in [0.05, 0.1) is 17.8 Å². The number of aromatic amines is 1. The number of nitrogens with zero attached hydrogens (tertiary/aromatic N) is 2. The summed E-state index contributed by atoms with van der Waals surface area (Å²) in [5.41, 5.74) is 1.75. The standard InChI is InChI=1S/C17H19FN4O2/c1-11-9-12(21-20-11)10-16(23)19-14-6-4-8-22(17(14)24)15-7-3-2-5-13(15)18/h2-3,5,7,9,14H,4,6,8,10H2,1H3,(H,19,23)(H,20,21). The van der Waals surface area contributed by atoms with Gasteiger partial charge in [0.1, 0.15) is 11.9 Å². The molecular weight excluding hydrogens is 311 g/mol. The molecule has 1 unspecified atom stereocenters. The van der Waals surface area contributed by atoms with Crippen LogP contribution in [0.25, 0.3) is 0 Å². The van der Waals surface area contributed by atoms with Crippen LogP contribution < -0.4 is 10.2 Å². The molecule has 1 atom stereocenters. The first-order valence-electron chi connectivity index (χ1n) is 7.91. The zero-order valence-corrected chi connectivity index (χ0v) is 13.4. The maximum absolute atomic E-state index is 13.9. The molecule has 1 aliphatic rings. The summed E-state index contributed by atoms with van der Waals surface area (Å²) in [4.78, 5) is 26.1. The van der Waals surface area contributed by atoms with Gasteiger partial charge in [0.2, 0.25) is 11.8 Å². The minimum absolute atomic E-state index is 0.105. The molecule has 6 nitrogen and oxygen atoms in total. The summed E-state index contributed by atoms with van der Waals surface area (Å²) in [6.45, 7) is 2.30. The second-order valence-electron chi connectivity index (χ2n) is 5.92. The van der Waals surface area contributed by atoms with Gasteiger partial charge in [-0.3, -0.25) is 14.7 Å². The Kier molecular flexibility index (Phi) is 4.59. The zero-order chi connectivity index (χ0) is 17.1. The van der Waals surface area contributed by atoms with E-state index in [1.807, 2.05) is 6.92 Å². The molecule has 24 heavy (non-hydrogen) atoms. The average molecular weight is 330 g/mol. The van der Waals surface area contributed by atoms with Gasteiger partial charge in [-0.15, -0.1) is 0 Å². The number of halogens is 1. The first kappa shape index (κ1) is 16.2. The number of anilines is 1. The Hall–Kier alpha value is -2.70. The number of para-hydroxylation sites is 1. The van der Waals surface area contributed by atoms with Crippen LogP contribution in [0, 0.1) is 12.7 Å². The molecule has 1 aliphatic heterocycles. The van der Waals surface area contributed by atoms with E-state index in [-0.39, 0.29) is 23.9 Å². The molecule has 126 valence electrons. The number of benzene rings is 1. The van der Waals surface area contributed by atoms with Crippen molar-refractivity contribution in [3.05, 3.63) is 47.5 Å². The van der Waals surface area contributed by atoms with Crippen molar-refractivity contribution in [3.8, 4) is 0 Å². The van der Waals surface area contributed by atoms with Crippen molar-refractivity contribution in [1.29, 1.82) is 0 Å². The van der Waals surface area contributed by atoms with Crippen LogP contribution in [-0.4, -0.2) is 34.6 Å². The monoisotopic (exact) mass is 330 g/mol. The SMILES string of the molecule is Cc1cc(CC(=O)NC2CCCN(c3ccccc3F)C2=O)n[nH]1. The van der Waals surface area contributed by atoms with Gasteiger partial charge in [-0.1, -0.05) is 12.1 Å². The summed E-state index contributed by atoms with van der Waals surface area (Å²) in [5.74, 6) is -0.988. The first-order chi connectivity index (χ1) is 11.5. The molecule has 0 spiro atoms. The van der Waals surface area contributed by atoms with Gasteiger partial charge in [-0.25, -0.2) is 4.39 Å². The number of carbonyl (C=O) groups excluding carboxylic acids is 2. The molecule has 1 saturated heterocycles. The van der Waals surface area contributed by atoms with Gasteiger partial charge in [-0.2, -0.15) is 5.10 Å². The Morgan fingerprint density at radius 1 is 1.46 bits per heavy atom. The summed E-state index contributed by atoms with van der Waals surface area (Å²) < 4.78 is 13.9. The van der Waals surface area contributed by atoms with Gasteiger partial charge in [0, 0.05) is 12.2 Å². The second kappa shape index (κ2) is 6.82. The maximum atomic E-state index is 13.9. The van der Waals surface area contributed by atoms with Crippen LogP contribution in [0.15, 0.2) is 30.3 Å². The van der Waals surface area contributed by atoms with Crippen LogP contribution in [0.3, 0.4) is 0 Å². The summed E-state index contributed by atoms with van der Waals surface area (Å²) in [5, 5.41) is 9.52. The molecule has 0 radical (unpaired) electrons. The van der Waals surface area contributed by atoms with E-state index in [0.29, 0.717) is 25.1 Å². The molecular formula is C17H19FN4O2. The third-order valence-corrected chi connectivity index (χ3v) is 4.02. The number of hydrogen-bond acceptors (Lipinski definition) is 3. The van der Waals surface area contributed by atoms with Crippen molar-refractivity contribution in [3.63, 3.8) is 0 Å². The number of aromatic nitrogens is 2. The van der Waals surface area contributed by atoms with Crippen LogP contribution in [-0.2, 0) is 16.0 Å². The molecule has 1 aromatic carbocycles. The lowest BCUT2D eigenvalue weighted by molar-refractivity contribution is -0.128. The number of piperidine rings is 1. The van der Waals surface area contributed by atoms with Crippen molar-refractivity contribution < 1.29 is 14.0 Å². The normalized spacial score (nSPS) is 17.8. The summed E-state index contributed by atoms with van der Waals surface area (Å²) in [7, 11) is 0. The fourth-order valence-electron chi connectivity index (χ4n) is 2.89. The van der Waals surface area contributed by atoms with Crippen molar-refractivity contribution in [1.82, 2.24) is 15.5 Å². The van der Waals surface area contributed by atoms with Crippen LogP contribution >= 0.6 is 0 Å². The lowest BCUT2D eigenvalue weighted by atomic mass is 10.0. The lowest BCUT2D eigenvalue weighted by Crippen LogP contribution is -2.53. The molecule has 7 heteroatoms. The fraction of sp³-hybridized carbons (Fsp3) is 0.353. The molecule has 2 amide bonds. The molecule has 0 aliphatic carbocycles. The van der Waals surface area contributed by atoms with Gasteiger partial charge < -0.3 is 10.2 Å². The van der Waals surface area contributed by atoms with Gasteiger partial charge in [-0.05, 0) is 38.0 Å². The summed E-state index contributed by atoms with van der Waals surface area (Å²) in [6, 6.07) is 7.32. The third-order valence-electron chi connectivity index (χ3n) is 4.02. The van der Waals surface area contributed by atoms with E-state index in [1.165, 1.54) is 11.0 Å². The highest BCUT2D eigenvalue weighted by Crippen LogP contribution is 2.23. The minimum atomic E-state index is -0.633. The highest BCUT2D eigenvalue weighted by molar-refractivity contribution is 6.00. The molecule has 1 fully saturated rings. The van der Waals surface area contributed by atoms with Crippen molar-refractivity contribution in [2.75, 3.05) is 11.4 Å². The third kappa shape index (κ3) is 3.45. The zero-order valence-electron chi connectivity index (χ0n) is 13.4. The summed E-state index contributed by atoms with van der Waals surface area (Å²) >= 11 is 0. The van der Waals surface area contributed by atoms with E-state index in [9.17, 15) is 14.0 Å². The van der Waals surface area contributed by atoms with Gasteiger partial charge >= 0.3 is 0 Å². The number of carbonyl (C=O) groups is 2. The van der Waals surface area contributed by atoms with E-state index in [0.717, 1.165) is 5.69 Å². The first-order valence-corrected chi connectivity index (χ1v) is 7.91. The highest BCUT2D eigenvalue weighted by atomic mass is 19.1. The van der Waals surface area contributed by atoms with Crippen molar-refractivity contribution >= 4 is 17.5 Å². The molecule has 0 bridgehead atoms. The Balaban J connectivity index is 1.67. The minimum Gasteiger partial charge on any atom is -0.344 e. The largest absolute Gasteiger partial charge is 0.344 e. The predicted octanol–water partition coefficient (Wildman–Crippen LogP) is 1.71. The van der Waals surface area contributed by atoms with Gasteiger partial charge in [0.15, 0.2) is 0 Å². The molecule has 2 N–H and O–H groups in total. The predicted molar refractivity (Wildman–Crippen MR) is 86.9 cm³/mol. The van der Waals surface area contributed by atoms with Crippen LogP contribution in [0.4, 0.5) is 10.1 Å². The maximum Gasteiger partial charge on any atom is 0.249 e. The fourth-order valence-corrected chi connectivity index (χ4v) is 2.89. The number of hydrogen-bond donors (Lipinski definition) is 2. The Morgan fingerprint density at radius 3 is 2.96 bits per heavy atom.